The lowest BCUT2D eigenvalue weighted by atomic mass is 9.95. The van der Waals surface area contributed by atoms with Gasteiger partial charge in [-0.05, 0) is 77.0 Å². The predicted molar refractivity (Wildman–Crippen MR) is 373 cm³/mol. The lowest BCUT2D eigenvalue weighted by Gasteiger charge is -2.32. The average Bonchev–Trinajstić information content (AvgIpc) is 1.43. The quantitative estimate of drug-likeness (QED) is 0.0409. The van der Waals surface area contributed by atoms with Gasteiger partial charge >= 0.3 is 5.97 Å². The third kappa shape index (κ3) is 40.8. The van der Waals surface area contributed by atoms with Crippen LogP contribution >= 0.6 is 0 Å². The number of aliphatic carboxylic acids is 1. The molecule has 1 aromatic heterocycles. The maximum Gasteiger partial charge on any atom is 0.321 e. The van der Waals surface area contributed by atoms with Crippen molar-refractivity contribution in [3.8, 4) is 0 Å². The van der Waals surface area contributed by atoms with Crippen LogP contribution in [0.25, 0.3) is 0 Å². The average molecular weight is 1360 g/mol. The molecule has 552 valence electrons. The molecule has 0 spiro atoms. The fraction of sp³-hybridized carbons (Fsp3) is 0.826. The molecule has 5 unspecified atom stereocenters. The number of primary amides is 1. The fourth-order valence-electron chi connectivity index (χ4n) is 12.2. The van der Waals surface area contributed by atoms with Crippen molar-refractivity contribution in [1.82, 2.24) is 47.2 Å². The lowest BCUT2D eigenvalue weighted by Crippen LogP contribution is -2.62. The van der Waals surface area contributed by atoms with Crippen molar-refractivity contribution < 1.29 is 58.5 Å². The number of carbonyl (C=O) groups excluding carboxylic acids is 8. The van der Waals surface area contributed by atoms with E-state index in [1.165, 1.54) is 141 Å². The van der Waals surface area contributed by atoms with Crippen LogP contribution in [-0.4, -0.2) is 164 Å². The highest BCUT2D eigenvalue weighted by Crippen LogP contribution is 2.19. The largest absolute Gasteiger partial charge is 0.480 e. The summed E-state index contributed by atoms with van der Waals surface area (Å²) in [5.41, 5.74) is 36.9. The number of nitrogens with one attached hydrogen (secondary N) is 8. The number of nitrogens with two attached hydrogens (primary N) is 6. The Kier molecular flexibility index (Phi) is 46.1. The van der Waals surface area contributed by atoms with Crippen molar-refractivity contribution >= 4 is 53.2 Å². The highest BCUT2D eigenvalue weighted by Gasteiger charge is 2.39. The highest BCUT2D eigenvalue weighted by atomic mass is 16.4. The number of hydrogen-bond acceptors (Lipinski definition) is 17. The molecule has 0 aliphatic carbocycles. The van der Waals surface area contributed by atoms with Crippen molar-refractivity contribution in [2.45, 2.75) is 350 Å². The molecule has 2 rings (SSSR count). The molecule has 0 bridgehead atoms. The number of aliphatic hydroxyl groups is 2. The summed E-state index contributed by atoms with van der Waals surface area (Å²) in [6, 6.07) is -9.21. The van der Waals surface area contributed by atoms with E-state index in [1.54, 1.807) is 13.8 Å². The summed E-state index contributed by atoms with van der Waals surface area (Å²) in [4.78, 5) is 125. The topological polar surface area (TPSA) is 483 Å². The van der Waals surface area contributed by atoms with Gasteiger partial charge in [-0.1, -0.05) is 168 Å². The SMILES string of the molecule is CCCCCC(N)CCCCCCCC(N)CCCCCCCC(N)CCCCCCCC(N)CCCCCCCC(O)CCNC(=O)C[C@H](O)[C@@H](NC(=O)[C@@H]1NC(=O)[C@H](CC(N)=O)NC(=O)[C@H](NC(=O)[C@H](Cc2cnc[nH]2)NC(=O)C[C@H](N)C(=O)O)CC(=O)N[C@@H]1C)C(C)C. The molecule has 0 saturated carbocycles. The van der Waals surface area contributed by atoms with Crippen molar-refractivity contribution in [3.05, 3.63) is 18.2 Å². The molecule has 27 heteroatoms. The number of aromatic nitrogens is 2. The van der Waals surface area contributed by atoms with E-state index in [9.17, 15) is 58.5 Å². The normalized spacial score (nSPS) is 19.0. The number of unbranched alkanes of at least 4 members (excludes halogenated alkanes) is 18. The van der Waals surface area contributed by atoms with Gasteiger partial charge in [-0.2, -0.15) is 0 Å². The third-order valence-electron chi connectivity index (χ3n) is 18.3. The zero-order valence-electron chi connectivity index (χ0n) is 58.7. The number of hydrogen-bond donors (Lipinski definition) is 17. The molecule has 0 radical (unpaired) electrons. The van der Waals surface area contributed by atoms with Crippen LogP contribution in [0.5, 0.6) is 0 Å². The highest BCUT2D eigenvalue weighted by molar-refractivity contribution is 5.99. The van der Waals surface area contributed by atoms with E-state index in [4.69, 9.17) is 34.4 Å². The molecule has 2 heterocycles. The number of carboxylic acids is 1. The molecule has 23 N–H and O–H groups in total. The van der Waals surface area contributed by atoms with Crippen LogP contribution in [0.4, 0.5) is 0 Å². The second-order valence-corrected chi connectivity index (χ2v) is 27.6. The minimum atomic E-state index is -1.75. The molecule has 1 saturated heterocycles. The van der Waals surface area contributed by atoms with E-state index in [1.807, 2.05) is 0 Å². The Hall–Kier alpha value is -5.84. The van der Waals surface area contributed by atoms with Crippen molar-refractivity contribution in [1.29, 1.82) is 0 Å². The lowest BCUT2D eigenvalue weighted by molar-refractivity contribution is -0.140. The summed E-state index contributed by atoms with van der Waals surface area (Å²) in [6.07, 6.45) is 35.0. The van der Waals surface area contributed by atoms with Crippen LogP contribution in [0, 0.1) is 5.92 Å². The summed E-state index contributed by atoms with van der Waals surface area (Å²) in [5, 5.41) is 48.6. The van der Waals surface area contributed by atoms with Crippen LogP contribution in [0.1, 0.15) is 271 Å². The van der Waals surface area contributed by atoms with Crippen LogP contribution in [0.3, 0.4) is 0 Å². The molecule has 96 heavy (non-hydrogen) atoms. The first-order valence-corrected chi connectivity index (χ1v) is 36.5. The summed E-state index contributed by atoms with van der Waals surface area (Å²) < 4.78 is 0. The Bertz CT molecular complexity index is 2360. The first-order valence-electron chi connectivity index (χ1n) is 36.5. The van der Waals surface area contributed by atoms with Gasteiger partial charge in [0.15, 0.2) is 0 Å². The Balaban J connectivity index is 1.65. The number of carboxylic acid groups (broad SMARTS) is 1. The van der Waals surface area contributed by atoms with Gasteiger partial charge < -0.3 is 91.9 Å². The van der Waals surface area contributed by atoms with Gasteiger partial charge in [0.25, 0.3) is 0 Å². The van der Waals surface area contributed by atoms with Crippen LogP contribution < -0.4 is 71.6 Å². The summed E-state index contributed by atoms with van der Waals surface area (Å²) in [6.45, 7) is 7.12. The second-order valence-electron chi connectivity index (χ2n) is 27.6. The van der Waals surface area contributed by atoms with E-state index < -0.39 is 139 Å². The first-order chi connectivity index (χ1) is 45.8. The summed E-state index contributed by atoms with van der Waals surface area (Å²) in [5.74, 6) is -9.47. The predicted octanol–water partition coefficient (Wildman–Crippen LogP) is 4.05. The van der Waals surface area contributed by atoms with Crippen molar-refractivity contribution in [2.75, 3.05) is 6.54 Å². The Morgan fingerprint density at radius 3 is 1.51 bits per heavy atom. The zero-order chi connectivity index (χ0) is 71.2. The Morgan fingerprint density at radius 2 is 1.07 bits per heavy atom. The molecule has 1 aromatic rings. The van der Waals surface area contributed by atoms with Crippen molar-refractivity contribution in [2.24, 2.45) is 40.3 Å². The third-order valence-corrected chi connectivity index (χ3v) is 18.3. The van der Waals surface area contributed by atoms with E-state index in [0.29, 0.717) is 36.7 Å². The smallest absolute Gasteiger partial charge is 0.321 e. The maximum atomic E-state index is 14.1. The standard InChI is InChI=1S/C69H129N15O12/c1-5-6-19-28-48(70)29-20-11-7-12-21-30-49(71)31-22-13-8-14-23-32-50(72)33-24-15-9-16-25-34-51(73)35-26-17-10-18-27-36-53(85)37-38-77-60(88)43-58(86)63(46(2)3)83-68(94)64-47(4)79-62(90)42-57(66(92)81-56(41-59(75)87)67(93)84-64)82-65(91)55(39-52-44-76-45-78-52)80-61(89)40-54(74)69(95)96/h44-51,53-58,63-64,85-86H,5-43,70-74H2,1-4H3,(H2,75,87)(H,76,78)(H,77,88)(H,79,90)(H,80,89)(H,81,92)(H,82,91)(H,83,94)(H,84,93)(H,95,96)/t47-,48?,49?,50?,51?,53?,54+,55+,56+,57-,58+,63+,64-/m1/s1. The molecule has 8 amide bonds. The molecule has 0 aromatic carbocycles. The van der Waals surface area contributed by atoms with Gasteiger partial charge in [-0.3, -0.25) is 43.2 Å². The molecule has 1 aliphatic heterocycles. The molecular weight excluding hydrogens is 1230 g/mol. The van der Waals surface area contributed by atoms with E-state index in [-0.39, 0.29) is 19.0 Å². The number of aromatic amines is 1. The number of rotatable bonds is 55. The van der Waals surface area contributed by atoms with E-state index in [2.05, 4.69) is 54.1 Å². The Labute approximate surface area is 572 Å². The van der Waals surface area contributed by atoms with Crippen molar-refractivity contribution in [3.63, 3.8) is 0 Å². The monoisotopic (exact) mass is 1360 g/mol. The van der Waals surface area contributed by atoms with Crippen LogP contribution in [0.15, 0.2) is 12.5 Å². The Morgan fingerprint density at radius 1 is 0.604 bits per heavy atom. The number of carbonyl (C=O) groups is 9. The summed E-state index contributed by atoms with van der Waals surface area (Å²) in [7, 11) is 0. The number of amides is 8. The molecule has 1 aliphatic rings. The van der Waals surface area contributed by atoms with Crippen LogP contribution in [0.2, 0.25) is 0 Å². The maximum absolute atomic E-state index is 14.1. The molecule has 13 atom stereocenters. The summed E-state index contributed by atoms with van der Waals surface area (Å²) >= 11 is 0. The van der Waals surface area contributed by atoms with Gasteiger partial charge in [0.2, 0.25) is 47.3 Å². The molecule has 27 nitrogen and oxygen atoms in total. The fourth-order valence-corrected chi connectivity index (χ4v) is 12.2. The first kappa shape index (κ1) is 86.2. The number of nitrogens with zero attached hydrogens (tertiary/aromatic N) is 1. The van der Waals surface area contributed by atoms with Gasteiger partial charge in [-0.15, -0.1) is 0 Å². The number of aliphatic hydroxyl groups excluding tert-OH is 2. The second kappa shape index (κ2) is 51.4. The van der Waals surface area contributed by atoms with Gasteiger partial charge in [-0.25, -0.2) is 4.98 Å². The molecular formula is C69H129N15O12. The van der Waals surface area contributed by atoms with Crippen LogP contribution in [-0.2, 0) is 49.6 Å². The van der Waals surface area contributed by atoms with Gasteiger partial charge in [0.1, 0.15) is 30.2 Å². The van der Waals surface area contributed by atoms with E-state index in [0.717, 1.165) is 77.0 Å². The number of imidazole rings is 1. The molecule has 1 fully saturated rings. The van der Waals surface area contributed by atoms with Gasteiger partial charge in [0, 0.05) is 49.0 Å². The van der Waals surface area contributed by atoms with E-state index >= 15 is 0 Å². The van der Waals surface area contributed by atoms with Gasteiger partial charge in [0.05, 0.1) is 56.3 Å². The number of H-pyrrole nitrogens is 1. The minimum Gasteiger partial charge on any atom is -0.480 e. The zero-order valence-corrected chi connectivity index (χ0v) is 58.7. The minimum absolute atomic E-state index is 0.150.